The summed E-state index contributed by atoms with van der Waals surface area (Å²) in [6, 6.07) is 6.03. The number of methoxy groups -OCH3 is 1. The van der Waals surface area contributed by atoms with E-state index >= 15 is 0 Å². The average Bonchev–Trinajstić information content (AvgIpc) is 2.04. The van der Waals surface area contributed by atoms with Crippen LogP contribution < -0.4 is 0 Å². The minimum absolute atomic E-state index is 0.877. The van der Waals surface area contributed by atoms with Gasteiger partial charge in [0.2, 0.25) is 0 Å². The minimum atomic E-state index is 0.877. The van der Waals surface area contributed by atoms with Crippen molar-refractivity contribution >= 4 is 37.6 Å². The summed E-state index contributed by atoms with van der Waals surface area (Å²) < 4.78 is 7.29. The number of halogens is 2. The molecule has 0 radical (unpaired) electrons. The number of ether oxygens (including phenoxy) is 1. The van der Waals surface area contributed by atoms with E-state index in [0.717, 1.165) is 20.3 Å². The van der Waals surface area contributed by atoms with Gasteiger partial charge in [-0.05, 0) is 31.2 Å². The van der Waals surface area contributed by atoms with E-state index in [1.807, 2.05) is 31.2 Å². The van der Waals surface area contributed by atoms with Gasteiger partial charge in [-0.2, -0.15) is 0 Å². The summed E-state index contributed by atoms with van der Waals surface area (Å²) >= 11 is 6.85. The molecule has 0 aliphatic carbocycles. The second-order valence-electron chi connectivity index (χ2n) is 2.52. The molecule has 1 aromatic rings. The van der Waals surface area contributed by atoms with Crippen molar-refractivity contribution in [3.05, 3.63) is 38.8 Å². The fourth-order valence-corrected chi connectivity index (χ4v) is 2.39. The summed E-state index contributed by atoms with van der Waals surface area (Å²) in [5.74, 6) is 0.877. The molecule has 13 heavy (non-hydrogen) atoms. The summed E-state index contributed by atoms with van der Waals surface area (Å²) in [5, 5.41) is 0. The van der Waals surface area contributed by atoms with E-state index in [0.29, 0.717) is 0 Å². The quantitative estimate of drug-likeness (QED) is 0.743. The van der Waals surface area contributed by atoms with Crippen LogP contribution in [-0.4, -0.2) is 7.11 Å². The van der Waals surface area contributed by atoms with E-state index in [4.69, 9.17) is 4.74 Å². The molecule has 0 aliphatic heterocycles. The first-order valence-electron chi connectivity index (χ1n) is 3.84. The van der Waals surface area contributed by atoms with Gasteiger partial charge in [0.15, 0.2) is 0 Å². The number of hydrogen-bond donors (Lipinski definition) is 0. The average molecular weight is 306 g/mol. The predicted octanol–water partition coefficient (Wildman–Crippen LogP) is 4.22. The third kappa shape index (κ3) is 2.85. The van der Waals surface area contributed by atoms with Crippen LogP contribution in [0.25, 0.3) is 5.76 Å². The van der Waals surface area contributed by atoms with E-state index in [9.17, 15) is 0 Å². The Morgan fingerprint density at radius 3 is 2.15 bits per heavy atom. The van der Waals surface area contributed by atoms with Crippen molar-refractivity contribution in [3.8, 4) is 0 Å². The molecule has 0 aromatic heterocycles. The van der Waals surface area contributed by atoms with Crippen molar-refractivity contribution in [2.24, 2.45) is 0 Å². The van der Waals surface area contributed by atoms with Gasteiger partial charge in [0.25, 0.3) is 0 Å². The molecule has 0 saturated heterocycles. The van der Waals surface area contributed by atoms with Gasteiger partial charge in [0.1, 0.15) is 5.76 Å². The van der Waals surface area contributed by atoms with E-state index in [1.54, 1.807) is 7.11 Å². The van der Waals surface area contributed by atoms with E-state index in [2.05, 4.69) is 31.9 Å². The van der Waals surface area contributed by atoms with Crippen LogP contribution in [0.15, 0.2) is 33.2 Å². The number of allylic oxidation sites excluding steroid dienone is 1. The highest BCUT2D eigenvalue weighted by Gasteiger charge is 2.02. The third-order valence-corrected chi connectivity index (χ3v) is 2.54. The third-order valence-electron chi connectivity index (χ3n) is 1.63. The van der Waals surface area contributed by atoms with Gasteiger partial charge in [-0.1, -0.05) is 31.9 Å². The minimum Gasteiger partial charge on any atom is -0.496 e. The Kier molecular flexibility index (Phi) is 4.00. The van der Waals surface area contributed by atoms with Crippen molar-refractivity contribution < 1.29 is 4.74 Å². The first-order chi connectivity index (χ1) is 6.17. The Morgan fingerprint density at radius 1 is 1.23 bits per heavy atom. The molecule has 70 valence electrons. The summed E-state index contributed by atoms with van der Waals surface area (Å²) in [4.78, 5) is 0. The molecule has 0 bridgehead atoms. The predicted molar refractivity (Wildman–Crippen MR) is 62.5 cm³/mol. The molecule has 0 N–H and O–H groups in total. The Hall–Kier alpha value is -0.280. The lowest BCUT2D eigenvalue weighted by Gasteiger charge is -2.06. The topological polar surface area (TPSA) is 9.23 Å². The number of benzene rings is 1. The van der Waals surface area contributed by atoms with Crippen LogP contribution in [0.2, 0.25) is 0 Å². The molecule has 0 unspecified atom stereocenters. The zero-order valence-electron chi connectivity index (χ0n) is 7.47. The monoisotopic (exact) mass is 304 g/mol. The maximum absolute atomic E-state index is 5.21. The summed E-state index contributed by atoms with van der Waals surface area (Å²) in [6.07, 6.45) is 1.94. The summed E-state index contributed by atoms with van der Waals surface area (Å²) in [5.41, 5.74) is 1.06. The second-order valence-corrected chi connectivity index (χ2v) is 4.35. The fraction of sp³-hybridized carbons (Fsp3) is 0.200. The standard InChI is InChI=1S/C10H10Br2O/c1-3-10(13-2)7-4-8(11)6-9(12)5-7/h3-6H,1-2H3. The molecule has 0 fully saturated rings. The van der Waals surface area contributed by atoms with Crippen LogP contribution in [0, 0.1) is 0 Å². The molecule has 0 spiro atoms. The van der Waals surface area contributed by atoms with Gasteiger partial charge in [0.05, 0.1) is 7.11 Å². The first-order valence-corrected chi connectivity index (χ1v) is 5.42. The van der Waals surface area contributed by atoms with Gasteiger partial charge in [-0.3, -0.25) is 0 Å². The fourth-order valence-electron chi connectivity index (χ4n) is 1.10. The van der Waals surface area contributed by atoms with Gasteiger partial charge >= 0.3 is 0 Å². The van der Waals surface area contributed by atoms with Crippen molar-refractivity contribution in [1.82, 2.24) is 0 Å². The van der Waals surface area contributed by atoms with Crippen LogP contribution >= 0.6 is 31.9 Å². The molecule has 0 amide bonds. The highest BCUT2D eigenvalue weighted by molar-refractivity contribution is 9.11. The highest BCUT2D eigenvalue weighted by atomic mass is 79.9. The molecule has 1 nitrogen and oxygen atoms in total. The molecule has 1 aromatic carbocycles. The Bertz CT molecular complexity index is 311. The zero-order valence-corrected chi connectivity index (χ0v) is 10.6. The molecule has 0 atom stereocenters. The smallest absolute Gasteiger partial charge is 0.121 e. The molecule has 1 rings (SSSR count). The molecule has 3 heteroatoms. The van der Waals surface area contributed by atoms with Crippen LogP contribution in [0.1, 0.15) is 12.5 Å². The molecular weight excluding hydrogens is 296 g/mol. The second kappa shape index (κ2) is 4.82. The van der Waals surface area contributed by atoms with Crippen molar-refractivity contribution in [3.63, 3.8) is 0 Å². The maximum atomic E-state index is 5.21. The number of rotatable bonds is 2. The SMILES string of the molecule is CC=C(OC)c1cc(Br)cc(Br)c1. The largest absolute Gasteiger partial charge is 0.496 e. The Morgan fingerprint density at radius 2 is 1.77 bits per heavy atom. The van der Waals surface area contributed by atoms with Gasteiger partial charge in [-0.15, -0.1) is 0 Å². The van der Waals surface area contributed by atoms with Crippen LogP contribution in [0.4, 0.5) is 0 Å². The first kappa shape index (κ1) is 10.8. The maximum Gasteiger partial charge on any atom is 0.121 e. The van der Waals surface area contributed by atoms with Crippen LogP contribution in [-0.2, 0) is 4.74 Å². The van der Waals surface area contributed by atoms with Crippen molar-refractivity contribution in [2.75, 3.05) is 7.11 Å². The summed E-state index contributed by atoms with van der Waals surface area (Å²) in [6.45, 7) is 1.95. The Labute approximate surface area is 95.1 Å². The lowest BCUT2D eigenvalue weighted by atomic mass is 10.2. The number of hydrogen-bond acceptors (Lipinski definition) is 1. The zero-order chi connectivity index (χ0) is 9.84. The lowest BCUT2D eigenvalue weighted by Crippen LogP contribution is -1.86. The Balaban J connectivity index is 3.14. The normalized spacial score (nSPS) is 11.5. The highest BCUT2D eigenvalue weighted by Crippen LogP contribution is 2.24. The molecule has 0 saturated carbocycles. The van der Waals surface area contributed by atoms with Crippen LogP contribution in [0.5, 0.6) is 0 Å². The van der Waals surface area contributed by atoms with Crippen molar-refractivity contribution in [1.29, 1.82) is 0 Å². The van der Waals surface area contributed by atoms with E-state index < -0.39 is 0 Å². The van der Waals surface area contributed by atoms with Gasteiger partial charge in [-0.25, -0.2) is 0 Å². The summed E-state index contributed by atoms with van der Waals surface area (Å²) in [7, 11) is 1.67. The van der Waals surface area contributed by atoms with Gasteiger partial charge in [0, 0.05) is 14.5 Å². The van der Waals surface area contributed by atoms with Crippen LogP contribution in [0.3, 0.4) is 0 Å². The lowest BCUT2D eigenvalue weighted by molar-refractivity contribution is 0.369. The van der Waals surface area contributed by atoms with E-state index in [-0.39, 0.29) is 0 Å². The van der Waals surface area contributed by atoms with Crippen molar-refractivity contribution in [2.45, 2.75) is 6.92 Å². The molecule has 0 heterocycles. The molecule has 0 aliphatic rings. The van der Waals surface area contributed by atoms with E-state index in [1.165, 1.54) is 0 Å². The van der Waals surface area contributed by atoms with Gasteiger partial charge < -0.3 is 4.74 Å². The molecular formula is C10H10Br2O.